The van der Waals surface area contributed by atoms with Gasteiger partial charge in [0, 0.05) is 7.11 Å². The number of nitrogens with zero attached hydrogens (tertiary/aromatic N) is 2. The first-order chi connectivity index (χ1) is 14.7. The molecule has 2 aromatic carbocycles. The highest BCUT2D eigenvalue weighted by Crippen LogP contribution is 2.35. The molecule has 0 radical (unpaired) electrons. The van der Waals surface area contributed by atoms with Crippen molar-refractivity contribution in [3.05, 3.63) is 71.7 Å². The summed E-state index contributed by atoms with van der Waals surface area (Å²) in [7, 11) is 3.19. The lowest BCUT2D eigenvalue weighted by molar-refractivity contribution is -0.122. The van der Waals surface area contributed by atoms with E-state index in [0.29, 0.717) is 41.3 Å². The van der Waals surface area contributed by atoms with Crippen molar-refractivity contribution in [2.75, 3.05) is 34.0 Å². The summed E-state index contributed by atoms with van der Waals surface area (Å²) in [4.78, 5) is 19.9. The predicted molar refractivity (Wildman–Crippen MR) is 121 cm³/mol. The van der Waals surface area contributed by atoms with Crippen molar-refractivity contribution in [2.45, 2.75) is 0 Å². The number of carbonyl (C=O) groups is 1. The molecule has 3 rings (SSSR count). The van der Waals surface area contributed by atoms with Crippen LogP contribution >= 0.6 is 11.8 Å². The Morgan fingerprint density at radius 3 is 2.63 bits per heavy atom. The summed E-state index contributed by atoms with van der Waals surface area (Å²) < 4.78 is 16.2. The van der Waals surface area contributed by atoms with Crippen molar-refractivity contribution in [1.29, 1.82) is 0 Å². The number of methoxy groups -OCH3 is 2. The molecule has 0 N–H and O–H groups in total. The van der Waals surface area contributed by atoms with E-state index in [9.17, 15) is 4.79 Å². The average Bonchev–Trinajstić information content (AvgIpc) is 3.05. The Bertz CT molecular complexity index is 957. The summed E-state index contributed by atoms with van der Waals surface area (Å²) in [5.74, 6) is 1.12. The number of hydrogen-bond donors (Lipinski definition) is 0. The van der Waals surface area contributed by atoms with Gasteiger partial charge in [0.15, 0.2) is 16.7 Å². The molecule has 0 aromatic heterocycles. The second kappa shape index (κ2) is 10.7. The first kappa shape index (κ1) is 21.7. The van der Waals surface area contributed by atoms with Gasteiger partial charge in [-0.3, -0.25) is 9.69 Å². The van der Waals surface area contributed by atoms with E-state index in [1.807, 2.05) is 54.6 Å². The molecule has 1 amide bonds. The monoisotopic (exact) mass is 424 g/mol. The second-order valence-electron chi connectivity index (χ2n) is 6.30. The molecule has 6 nitrogen and oxygen atoms in total. The van der Waals surface area contributed by atoms with Crippen LogP contribution in [0.3, 0.4) is 0 Å². The third-order valence-electron chi connectivity index (χ3n) is 4.23. The van der Waals surface area contributed by atoms with Crippen LogP contribution in [0.15, 0.2) is 71.1 Å². The standard InChI is InChI=1S/C23H24N2O4S/c1-4-13-29-19-11-10-17(15-20(19)28-3)16-21-22(26)25(12-14-27-2)23(30-21)24-18-8-6-5-7-9-18/h4-11,15-16H,1,12-14H2,2-3H3/b21-16+,24-23?. The Kier molecular flexibility index (Phi) is 7.70. The Labute approximate surface area is 180 Å². The van der Waals surface area contributed by atoms with Gasteiger partial charge in [-0.25, -0.2) is 4.99 Å². The van der Waals surface area contributed by atoms with E-state index in [1.165, 1.54) is 11.8 Å². The van der Waals surface area contributed by atoms with Crippen molar-refractivity contribution in [3.8, 4) is 11.5 Å². The molecule has 1 aliphatic heterocycles. The number of amides is 1. The van der Waals surface area contributed by atoms with E-state index < -0.39 is 0 Å². The minimum atomic E-state index is -0.0994. The average molecular weight is 425 g/mol. The molecule has 30 heavy (non-hydrogen) atoms. The molecule has 0 bridgehead atoms. The highest BCUT2D eigenvalue weighted by molar-refractivity contribution is 8.18. The quantitative estimate of drug-likeness (QED) is 0.438. The zero-order valence-corrected chi connectivity index (χ0v) is 17.9. The molecular formula is C23H24N2O4S. The summed E-state index contributed by atoms with van der Waals surface area (Å²) in [5, 5.41) is 0.632. The van der Waals surface area contributed by atoms with E-state index >= 15 is 0 Å². The van der Waals surface area contributed by atoms with Gasteiger partial charge in [0.05, 0.1) is 30.9 Å². The fraction of sp³-hybridized carbons (Fsp3) is 0.217. The molecule has 0 unspecified atom stereocenters. The van der Waals surface area contributed by atoms with E-state index in [1.54, 1.807) is 25.2 Å². The van der Waals surface area contributed by atoms with Crippen molar-refractivity contribution in [2.24, 2.45) is 4.99 Å². The van der Waals surface area contributed by atoms with Gasteiger partial charge in [0.25, 0.3) is 5.91 Å². The lowest BCUT2D eigenvalue weighted by Crippen LogP contribution is -2.32. The van der Waals surface area contributed by atoms with Gasteiger partial charge < -0.3 is 14.2 Å². The molecule has 0 spiro atoms. The number of rotatable bonds is 9. The van der Waals surface area contributed by atoms with E-state index in [-0.39, 0.29) is 5.91 Å². The van der Waals surface area contributed by atoms with Crippen molar-refractivity contribution in [3.63, 3.8) is 0 Å². The van der Waals surface area contributed by atoms with Crippen LogP contribution < -0.4 is 9.47 Å². The van der Waals surface area contributed by atoms with Gasteiger partial charge in [-0.15, -0.1) is 0 Å². The zero-order valence-electron chi connectivity index (χ0n) is 17.0. The van der Waals surface area contributed by atoms with E-state index in [0.717, 1.165) is 11.3 Å². The van der Waals surface area contributed by atoms with Crippen molar-refractivity contribution in [1.82, 2.24) is 4.90 Å². The van der Waals surface area contributed by atoms with Crippen LogP contribution in [0.25, 0.3) is 6.08 Å². The molecule has 1 aliphatic rings. The van der Waals surface area contributed by atoms with Crippen molar-refractivity contribution >= 4 is 34.6 Å². The fourth-order valence-corrected chi connectivity index (χ4v) is 3.80. The molecule has 0 aliphatic carbocycles. The highest BCUT2D eigenvalue weighted by Gasteiger charge is 2.33. The largest absolute Gasteiger partial charge is 0.493 e. The van der Waals surface area contributed by atoms with Gasteiger partial charge in [-0.1, -0.05) is 36.9 Å². The smallest absolute Gasteiger partial charge is 0.266 e. The van der Waals surface area contributed by atoms with E-state index in [4.69, 9.17) is 14.2 Å². The Balaban J connectivity index is 1.89. The van der Waals surface area contributed by atoms with Gasteiger partial charge in [-0.2, -0.15) is 0 Å². The summed E-state index contributed by atoms with van der Waals surface area (Å²) >= 11 is 1.35. The number of carbonyl (C=O) groups excluding carboxylic acids is 1. The number of para-hydroxylation sites is 1. The lowest BCUT2D eigenvalue weighted by atomic mass is 10.2. The predicted octanol–water partition coefficient (Wildman–Crippen LogP) is 4.51. The minimum Gasteiger partial charge on any atom is -0.493 e. The van der Waals surface area contributed by atoms with Crippen LogP contribution in [0.2, 0.25) is 0 Å². The number of ether oxygens (including phenoxy) is 3. The van der Waals surface area contributed by atoms with E-state index in [2.05, 4.69) is 11.6 Å². The maximum atomic E-state index is 13.0. The highest BCUT2D eigenvalue weighted by atomic mass is 32.2. The minimum absolute atomic E-state index is 0.0994. The third-order valence-corrected chi connectivity index (χ3v) is 5.24. The van der Waals surface area contributed by atoms with Gasteiger partial charge in [-0.05, 0) is 47.7 Å². The number of benzene rings is 2. The third kappa shape index (κ3) is 5.31. The number of aliphatic imine (C=N–C) groups is 1. The van der Waals surface area contributed by atoms with Crippen molar-refractivity contribution < 1.29 is 19.0 Å². The Morgan fingerprint density at radius 2 is 1.93 bits per heavy atom. The van der Waals surface area contributed by atoms with Crippen LogP contribution in [-0.4, -0.2) is 50.0 Å². The Hall–Kier alpha value is -3.03. The maximum absolute atomic E-state index is 13.0. The topological polar surface area (TPSA) is 60.4 Å². The van der Waals surface area contributed by atoms with Crippen LogP contribution in [-0.2, 0) is 9.53 Å². The summed E-state index contributed by atoms with van der Waals surface area (Å²) in [6, 6.07) is 15.1. The SMILES string of the molecule is C=CCOc1ccc(/C=C2/SC(=Nc3ccccc3)N(CCOC)C2=O)cc1OC. The molecule has 1 saturated heterocycles. The molecule has 0 saturated carbocycles. The first-order valence-corrected chi connectivity index (χ1v) is 10.2. The van der Waals surface area contributed by atoms with Crippen LogP contribution in [0.5, 0.6) is 11.5 Å². The van der Waals surface area contributed by atoms with Gasteiger partial charge in [0.2, 0.25) is 0 Å². The maximum Gasteiger partial charge on any atom is 0.266 e. The van der Waals surface area contributed by atoms with Gasteiger partial charge in [0.1, 0.15) is 6.61 Å². The zero-order chi connectivity index (χ0) is 21.3. The Morgan fingerprint density at radius 1 is 1.13 bits per heavy atom. The molecular weight excluding hydrogens is 400 g/mol. The van der Waals surface area contributed by atoms with Gasteiger partial charge >= 0.3 is 0 Å². The molecule has 1 fully saturated rings. The number of hydrogen-bond acceptors (Lipinski definition) is 6. The first-order valence-electron chi connectivity index (χ1n) is 9.42. The second-order valence-corrected chi connectivity index (χ2v) is 7.31. The molecule has 2 aromatic rings. The summed E-state index contributed by atoms with van der Waals surface area (Å²) in [5.41, 5.74) is 1.63. The fourth-order valence-electron chi connectivity index (χ4n) is 2.78. The van der Waals surface area contributed by atoms with Crippen LogP contribution in [0.1, 0.15) is 5.56 Å². The molecule has 1 heterocycles. The van der Waals surface area contributed by atoms with Crippen LogP contribution in [0, 0.1) is 0 Å². The van der Waals surface area contributed by atoms with Crippen LogP contribution in [0.4, 0.5) is 5.69 Å². The summed E-state index contributed by atoms with van der Waals surface area (Å²) in [6.45, 7) is 4.90. The molecule has 156 valence electrons. The summed E-state index contributed by atoms with van der Waals surface area (Å²) in [6.07, 6.45) is 3.51. The molecule has 7 heteroatoms. The normalized spacial score (nSPS) is 16.3. The number of amidine groups is 1. The number of thioether (sulfide) groups is 1. The lowest BCUT2D eigenvalue weighted by Gasteiger charge is -2.14. The molecule has 0 atom stereocenters.